The van der Waals surface area contributed by atoms with Crippen LogP contribution in [0.25, 0.3) is 0 Å². The van der Waals surface area contributed by atoms with Crippen LogP contribution in [-0.4, -0.2) is 81.7 Å². The molecule has 8 heteroatoms. The van der Waals surface area contributed by atoms with Gasteiger partial charge >= 0.3 is 0 Å². The number of rotatable bonds is 7. The summed E-state index contributed by atoms with van der Waals surface area (Å²) >= 11 is 0. The number of piperazine rings is 1. The fraction of sp³-hybridized carbons (Fsp3) is 0.667. The molecule has 1 amide bonds. The van der Waals surface area contributed by atoms with Crippen molar-refractivity contribution in [2.75, 3.05) is 60.0 Å². The van der Waals surface area contributed by atoms with E-state index in [-0.39, 0.29) is 5.91 Å². The van der Waals surface area contributed by atoms with E-state index in [0.717, 1.165) is 49.2 Å². The lowest BCUT2D eigenvalue weighted by molar-refractivity contribution is -0.122. The van der Waals surface area contributed by atoms with Crippen molar-refractivity contribution in [2.24, 2.45) is 4.99 Å². The van der Waals surface area contributed by atoms with Gasteiger partial charge in [-0.3, -0.25) is 14.7 Å². The monoisotopic (exact) mass is 365 g/mol. The Hall–Kier alpha value is -2.06. The zero-order chi connectivity index (χ0) is 18.9. The quantitative estimate of drug-likeness (QED) is 0.412. The topological polar surface area (TPSA) is 82.3 Å². The number of hydrogen-bond donors (Lipinski definition) is 2. The predicted molar refractivity (Wildman–Crippen MR) is 101 cm³/mol. The molecule has 0 aliphatic carbocycles. The second kappa shape index (κ2) is 10.2. The largest absolute Gasteiger partial charge is 0.466 e. The van der Waals surface area contributed by atoms with E-state index in [1.54, 1.807) is 14.2 Å². The van der Waals surface area contributed by atoms with Gasteiger partial charge in [0.1, 0.15) is 11.5 Å². The van der Waals surface area contributed by atoms with Crippen molar-refractivity contribution in [3.63, 3.8) is 0 Å². The Morgan fingerprint density at radius 2 is 2.00 bits per heavy atom. The molecular formula is C18H31N5O3. The lowest BCUT2D eigenvalue weighted by atomic mass is 10.2. The molecule has 1 aliphatic heterocycles. The summed E-state index contributed by atoms with van der Waals surface area (Å²) in [5, 5.41) is 6.26. The van der Waals surface area contributed by atoms with Crippen LogP contribution < -0.4 is 10.6 Å². The van der Waals surface area contributed by atoms with Gasteiger partial charge in [0.05, 0.1) is 13.2 Å². The number of aliphatic imine (C=N–C) groups is 1. The molecule has 1 aromatic rings. The minimum Gasteiger partial charge on any atom is -0.466 e. The standard InChI is InChI=1S/C18H31N5O3/c1-14-11-16(15(2)26-14)12-21-18(19-3)23-8-6-22(7-9-23)13-17(24)20-5-10-25-4/h11H,5-10,12-13H2,1-4H3,(H,19,21)(H,20,24). The molecule has 1 aromatic heterocycles. The number of guanidine groups is 1. The molecule has 2 heterocycles. The van der Waals surface area contributed by atoms with Crippen molar-refractivity contribution in [1.29, 1.82) is 0 Å². The Bertz CT molecular complexity index is 606. The highest BCUT2D eigenvalue weighted by Gasteiger charge is 2.21. The molecule has 1 aliphatic rings. The molecule has 146 valence electrons. The molecule has 8 nitrogen and oxygen atoms in total. The highest BCUT2D eigenvalue weighted by molar-refractivity contribution is 5.80. The summed E-state index contributed by atoms with van der Waals surface area (Å²) in [4.78, 5) is 20.7. The van der Waals surface area contributed by atoms with Gasteiger partial charge in [-0.1, -0.05) is 0 Å². The maximum Gasteiger partial charge on any atom is 0.234 e. The Kier molecular flexibility index (Phi) is 7.93. The minimum atomic E-state index is 0.0452. The van der Waals surface area contributed by atoms with Crippen LogP contribution in [0, 0.1) is 13.8 Å². The van der Waals surface area contributed by atoms with Gasteiger partial charge in [-0.25, -0.2) is 0 Å². The molecule has 1 fully saturated rings. The van der Waals surface area contributed by atoms with Crippen LogP contribution in [-0.2, 0) is 16.1 Å². The van der Waals surface area contributed by atoms with Crippen molar-refractivity contribution in [3.8, 4) is 0 Å². The van der Waals surface area contributed by atoms with Crippen molar-refractivity contribution in [3.05, 3.63) is 23.2 Å². The number of carbonyl (C=O) groups excluding carboxylic acids is 1. The normalized spacial score (nSPS) is 16.0. The van der Waals surface area contributed by atoms with Crippen LogP contribution in [0.1, 0.15) is 17.1 Å². The summed E-state index contributed by atoms with van der Waals surface area (Å²) in [6.07, 6.45) is 0. The van der Waals surface area contributed by atoms with Gasteiger partial charge in [0.2, 0.25) is 5.91 Å². The lowest BCUT2D eigenvalue weighted by Crippen LogP contribution is -2.54. The van der Waals surface area contributed by atoms with Gasteiger partial charge in [0, 0.05) is 59.0 Å². The summed E-state index contributed by atoms with van der Waals surface area (Å²) in [6, 6.07) is 2.05. The average Bonchev–Trinajstić information content (AvgIpc) is 2.94. The number of aryl methyl sites for hydroxylation is 2. The van der Waals surface area contributed by atoms with Crippen LogP contribution in [0.2, 0.25) is 0 Å². The molecule has 0 saturated carbocycles. The van der Waals surface area contributed by atoms with E-state index in [4.69, 9.17) is 9.15 Å². The first-order valence-electron chi connectivity index (χ1n) is 9.03. The van der Waals surface area contributed by atoms with Gasteiger partial charge in [0.15, 0.2) is 5.96 Å². The second-order valence-corrected chi connectivity index (χ2v) is 6.45. The summed E-state index contributed by atoms with van der Waals surface area (Å²) in [7, 11) is 3.42. The van der Waals surface area contributed by atoms with Crippen LogP contribution in [0.15, 0.2) is 15.5 Å². The van der Waals surface area contributed by atoms with E-state index in [1.165, 1.54) is 0 Å². The minimum absolute atomic E-state index is 0.0452. The number of ether oxygens (including phenoxy) is 1. The Balaban J connectivity index is 1.74. The van der Waals surface area contributed by atoms with Crippen LogP contribution in [0.3, 0.4) is 0 Å². The first-order chi connectivity index (χ1) is 12.5. The van der Waals surface area contributed by atoms with Crippen molar-refractivity contribution in [2.45, 2.75) is 20.4 Å². The van der Waals surface area contributed by atoms with Crippen LogP contribution in [0.5, 0.6) is 0 Å². The van der Waals surface area contributed by atoms with E-state index >= 15 is 0 Å². The van der Waals surface area contributed by atoms with Crippen molar-refractivity contribution in [1.82, 2.24) is 20.4 Å². The van der Waals surface area contributed by atoms with Gasteiger partial charge < -0.3 is 24.7 Å². The third kappa shape index (κ3) is 6.03. The summed E-state index contributed by atoms with van der Waals surface area (Å²) < 4.78 is 10.5. The molecule has 0 unspecified atom stereocenters. The SMILES string of the molecule is CN=C(NCc1cc(C)oc1C)N1CCN(CC(=O)NCCOC)CC1. The molecule has 0 spiro atoms. The van der Waals surface area contributed by atoms with Gasteiger partial charge in [0.25, 0.3) is 0 Å². The molecular weight excluding hydrogens is 334 g/mol. The van der Waals surface area contributed by atoms with Gasteiger partial charge in [-0.05, 0) is 19.9 Å². The molecule has 0 bridgehead atoms. The first kappa shape index (κ1) is 20.3. The van der Waals surface area contributed by atoms with Crippen LogP contribution in [0.4, 0.5) is 0 Å². The third-order valence-corrected chi connectivity index (χ3v) is 4.46. The third-order valence-electron chi connectivity index (χ3n) is 4.46. The number of methoxy groups -OCH3 is 1. The number of carbonyl (C=O) groups is 1. The second-order valence-electron chi connectivity index (χ2n) is 6.45. The van der Waals surface area contributed by atoms with E-state index < -0.39 is 0 Å². The van der Waals surface area contributed by atoms with Crippen molar-refractivity contribution >= 4 is 11.9 Å². The number of nitrogens with one attached hydrogen (secondary N) is 2. The molecule has 1 saturated heterocycles. The fourth-order valence-electron chi connectivity index (χ4n) is 3.03. The number of furan rings is 1. The molecule has 0 aromatic carbocycles. The van der Waals surface area contributed by atoms with Crippen molar-refractivity contribution < 1.29 is 13.9 Å². The Morgan fingerprint density at radius 1 is 1.27 bits per heavy atom. The highest BCUT2D eigenvalue weighted by Crippen LogP contribution is 2.13. The fourth-order valence-corrected chi connectivity index (χ4v) is 3.03. The predicted octanol–water partition coefficient (Wildman–Crippen LogP) is 0.352. The van der Waals surface area contributed by atoms with Gasteiger partial charge in [-0.15, -0.1) is 0 Å². The zero-order valence-electron chi connectivity index (χ0n) is 16.3. The summed E-state index contributed by atoms with van der Waals surface area (Å²) in [5.74, 6) is 2.79. The maximum absolute atomic E-state index is 11.9. The maximum atomic E-state index is 11.9. The summed E-state index contributed by atoms with van der Waals surface area (Å²) in [6.45, 7) is 9.50. The molecule has 2 N–H and O–H groups in total. The van der Waals surface area contributed by atoms with E-state index in [9.17, 15) is 4.79 Å². The molecule has 0 atom stereocenters. The molecule has 2 rings (SSSR count). The van der Waals surface area contributed by atoms with E-state index in [1.807, 2.05) is 13.8 Å². The highest BCUT2D eigenvalue weighted by atomic mass is 16.5. The van der Waals surface area contributed by atoms with E-state index in [2.05, 4.69) is 31.5 Å². The van der Waals surface area contributed by atoms with Gasteiger partial charge in [-0.2, -0.15) is 0 Å². The first-order valence-corrected chi connectivity index (χ1v) is 9.03. The lowest BCUT2D eigenvalue weighted by Gasteiger charge is -2.36. The Morgan fingerprint density at radius 3 is 2.58 bits per heavy atom. The number of nitrogens with zero attached hydrogens (tertiary/aromatic N) is 3. The Labute approximate surface area is 155 Å². The molecule has 26 heavy (non-hydrogen) atoms. The average molecular weight is 365 g/mol. The number of amides is 1. The zero-order valence-corrected chi connectivity index (χ0v) is 16.3. The molecule has 0 radical (unpaired) electrons. The van der Waals surface area contributed by atoms with Crippen LogP contribution >= 0.6 is 0 Å². The summed E-state index contributed by atoms with van der Waals surface area (Å²) in [5.41, 5.74) is 1.15. The van der Waals surface area contributed by atoms with E-state index in [0.29, 0.717) is 26.2 Å². The number of hydrogen-bond acceptors (Lipinski definition) is 5. The smallest absolute Gasteiger partial charge is 0.234 e.